The average molecular weight is 233 g/mol. The van der Waals surface area contributed by atoms with Crippen molar-refractivity contribution in [2.75, 3.05) is 7.11 Å². The number of benzene rings is 1. The molecule has 0 unspecified atom stereocenters. The Hall–Kier alpha value is -2.46. The largest absolute Gasteiger partial charge is 0.462 e. The maximum Gasteiger partial charge on any atom is 0.462 e. The summed E-state index contributed by atoms with van der Waals surface area (Å²) < 4.78 is 4.29. The Morgan fingerprint density at radius 3 is 2.53 bits per heavy atom. The molecular weight excluding hydrogens is 222 g/mol. The molecule has 88 valence electrons. The Balaban J connectivity index is 2.61. The van der Waals surface area contributed by atoms with E-state index in [0.29, 0.717) is 0 Å². The first-order valence-corrected chi connectivity index (χ1v) is 4.81. The van der Waals surface area contributed by atoms with E-state index in [9.17, 15) is 9.59 Å². The number of rotatable bonds is 4. The molecule has 0 heterocycles. The molecule has 0 aliphatic rings. The van der Waals surface area contributed by atoms with Crippen LogP contribution in [0.15, 0.2) is 30.3 Å². The smallest absolute Gasteiger partial charge is 0.460 e. The molecule has 0 spiro atoms. The fourth-order valence-electron chi connectivity index (χ4n) is 1.14. The van der Waals surface area contributed by atoms with Crippen LogP contribution in [-0.4, -0.2) is 29.5 Å². The number of ether oxygens (including phenoxy) is 1. The normalized spacial score (nSPS) is 9.00. The summed E-state index contributed by atoms with van der Waals surface area (Å²) in [6.07, 6.45) is 0. The van der Waals surface area contributed by atoms with Gasteiger partial charge in [-0.05, 0) is 5.56 Å². The summed E-state index contributed by atoms with van der Waals surface area (Å²) in [7, 11) is 1.10. The highest BCUT2D eigenvalue weighted by Crippen LogP contribution is 1.97. The second-order valence-electron chi connectivity index (χ2n) is 3.11. The van der Waals surface area contributed by atoms with Crippen molar-refractivity contribution < 1.29 is 19.1 Å². The maximum absolute atomic E-state index is 11.4. The lowest BCUT2D eigenvalue weighted by Gasteiger charge is -2.01. The molecule has 1 N–H and O–H groups in total. The second kappa shape index (κ2) is 6.19. The zero-order chi connectivity index (χ0) is 12.7. The van der Waals surface area contributed by atoms with E-state index in [1.165, 1.54) is 0 Å². The third-order valence-corrected chi connectivity index (χ3v) is 1.99. The van der Waals surface area contributed by atoms with Gasteiger partial charge in [-0.25, -0.2) is 4.79 Å². The number of carbonyl (C=O) groups excluding carboxylic acids is 2. The summed E-state index contributed by atoms with van der Waals surface area (Å²) in [4.78, 5) is 25.1. The first kappa shape index (κ1) is 12.6. The molecule has 0 bridgehead atoms. The third kappa shape index (κ3) is 3.55. The van der Waals surface area contributed by atoms with Gasteiger partial charge in [0.05, 0.1) is 7.11 Å². The Labute approximate surface area is 97.8 Å². The zero-order valence-electron chi connectivity index (χ0n) is 9.21. The van der Waals surface area contributed by atoms with Gasteiger partial charge in [0.1, 0.15) is 0 Å². The Bertz CT molecular complexity index is 464. The van der Waals surface area contributed by atoms with E-state index in [4.69, 9.17) is 5.53 Å². The molecule has 1 rings (SSSR count). The van der Waals surface area contributed by atoms with E-state index >= 15 is 0 Å². The van der Waals surface area contributed by atoms with Crippen molar-refractivity contribution in [2.45, 2.75) is 6.54 Å². The molecule has 0 aromatic heterocycles. The summed E-state index contributed by atoms with van der Waals surface area (Å²) in [5.74, 6) is -1.78. The fraction of sp³-hybridized carbons (Fsp3) is 0.182. The van der Waals surface area contributed by atoms with Crippen LogP contribution in [0.5, 0.6) is 0 Å². The maximum atomic E-state index is 11.4. The van der Waals surface area contributed by atoms with Crippen LogP contribution in [0.2, 0.25) is 0 Å². The number of nitrogens with zero attached hydrogens (tertiary/aromatic N) is 2. The van der Waals surface area contributed by atoms with Crippen molar-refractivity contribution >= 4 is 17.6 Å². The number of nitrogens with one attached hydrogen (secondary N) is 1. The zero-order valence-corrected chi connectivity index (χ0v) is 9.21. The van der Waals surface area contributed by atoms with Gasteiger partial charge in [0.2, 0.25) is 0 Å². The SMILES string of the molecule is COC(=O)C(=[N+]=[N-])C(=O)NCc1ccccc1. The molecule has 0 saturated heterocycles. The van der Waals surface area contributed by atoms with Gasteiger partial charge >= 0.3 is 17.6 Å². The van der Waals surface area contributed by atoms with E-state index in [0.717, 1.165) is 12.7 Å². The van der Waals surface area contributed by atoms with Crippen LogP contribution in [0.1, 0.15) is 5.56 Å². The summed E-state index contributed by atoms with van der Waals surface area (Å²) >= 11 is 0. The van der Waals surface area contributed by atoms with Gasteiger partial charge in [0.15, 0.2) is 0 Å². The molecule has 1 aromatic rings. The van der Waals surface area contributed by atoms with Crippen LogP contribution in [0, 0.1) is 0 Å². The molecule has 1 aromatic carbocycles. The molecule has 0 aliphatic heterocycles. The monoisotopic (exact) mass is 233 g/mol. The minimum atomic E-state index is -0.988. The number of hydrogen-bond donors (Lipinski definition) is 1. The van der Waals surface area contributed by atoms with Gasteiger partial charge < -0.3 is 15.6 Å². The molecule has 0 radical (unpaired) electrons. The van der Waals surface area contributed by atoms with Gasteiger partial charge in [-0.15, -0.1) is 0 Å². The molecule has 0 aliphatic carbocycles. The Morgan fingerprint density at radius 1 is 1.35 bits per heavy atom. The third-order valence-electron chi connectivity index (χ3n) is 1.99. The topological polar surface area (TPSA) is 91.8 Å². The second-order valence-corrected chi connectivity index (χ2v) is 3.11. The first-order valence-electron chi connectivity index (χ1n) is 4.81. The lowest BCUT2D eigenvalue weighted by atomic mass is 10.2. The highest BCUT2D eigenvalue weighted by atomic mass is 16.5. The number of amides is 1. The molecule has 1 amide bonds. The summed E-state index contributed by atoms with van der Waals surface area (Å²) in [6, 6.07) is 9.12. The first-order chi connectivity index (χ1) is 8.19. The van der Waals surface area contributed by atoms with Crippen LogP contribution < -0.4 is 5.32 Å². The quantitative estimate of drug-likeness (QED) is 0.264. The number of esters is 1. The van der Waals surface area contributed by atoms with Crippen LogP contribution in [0.4, 0.5) is 0 Å². The van der Waals surface area contributed by atoms with Gasteiger partial charge in [-0.1, -0.05) is 30.3 Å². The van der Waals surface area contributed by atoms with Gasteiger partial charge in [0, 0.05) is 6.54 Å². The van der Waals surface area contributed by atoms with Crippen molar-refractivity contribution in [3.8, 4) is 0 Å². The van der Waals surface area contributed by atoms with Crippen molar-refractivity contribution in [3.05, 3.63) is 41.4 Å². The molecule has 6 nitrogen and oxygen atoms in total. The summed E-state index contributed by atoms with van der Waals surface area (Å²) in [6.45, 7) is 0.232. The molecular formula is C11H11N3O3. The van der Waals surface area contributed by atoms with Crippen molar-refractivity contribution in [1.29, 1.82) is 0 Å². The van der Waals surface area contributed by atoms with Gasteiger partial charge in [-0.2, -0.15) is 4.79 Å². The Morgan fingerprint density at radius 2 is 2.00 bits per heavy atom. The van der Waals surface area contributed by atoms with Crippen LogP contribution in [0.3, 0.4) is 0 Å². The minimum absolute atomic E-state index is 0.232. The van der Waals surface area contributed by atoms with Crippen molar-refractivity contribution in [1.82, 2.24) is 5.32 Å². The van der Waals surface area contributed by atoms with Crippen LogP contribution >= 0.6 is 0 Å². The molecule has 0 fully saturated rings. The van der Waals surface area contributed by atoms with E-state index in [1.807, 2.05) is 30.3 Å². The average Bonchev–Trinajstić information content (AvgIpc) is 2.38. The van der Waals surface area contributed by atoms with Gasteiger partial charge in [-0.3, -0.25) is 4.79 Å². The van der Waals surface area contributed by atoms with E-state index in [-0.39, 0.29) is 6.54 Å². The minimum Gasteiger partial charge on any atom is -0.460 e. The molecule has 0 atom stereocenters. The molecule has 0 saturated carbocycles. The number of hydrogen-bond acceptors (Lipinski definition) is 3. The fourth-order valence-corrected chi connectivity index (χ4v) is 1.14. The summed E-state index contributed by atoms with van der Waals surface area (Å²) in [5.41, 5.74) is 8.71. The van der Waals surface area contributed by atoms with Crippen LogP contribution in [0.25, 0.3) is 5.53 Å². The predicted octanol–water partition coefficient (Wildman–Crippen LogP) is 0.147. The molecule has 6 heteroatoms. The van der Waals surface area contributed by atoms with Crippen molar-refractivity contribution in [2.24, 2.45) is 0 Å². The standard InChI is InChI=1S/C11H11N3O3/c1-17-11(16)9(14-12)10(15)13-7-8-5-3-2-4-6-8/h2-6H,7H2,1H3,(H,13,15). The van der Waals surface area contributed by atoms with E-state index < -0.39 is 17.6 Å². The number of carbonyl (C=O) groups is 2. The summed E-state index contributed by atoms with van der Waals surface area (Å²) in [5, 5.41) is 2.43. The lowest BCUT2D eigenvalue weighted by molar-refractivity contribution is -0.140. The number of methoxy groups -OCH3 is 1. The predicted molar refractivity (Wildman–Crippen MR) is 58.9 cm³/mol. The Kier molecular flexibility index (Phi) is 4.59. The van der Waals surface area contributed by atoms with Gasteiger partial charge in [0.25, 0.3) is 0 Å². The molecule has 17 heavy (non-hydrogen) atoms. The van der Waals surface area contributed by atoms with Crippen molar-refractivity contribution in [3.63, 3.8) is 0 Å². The lowest BCUT2D eigenvalue weighted by Crippen LogP contribution is -2.36. The highest BCUT2D eigenvalue weighted by Gasteiger charge is 2.30. The van der Waals surface area contributed by atoms with E-state index in [1.54, 1.807) is 0 Å². The van der Waals surface area contributed by atoms with Crippen LogP contribution in [-0.2, 0) is 20.9 Å². The van der Waals surface area contributed by atoms with E-state index in [2.05, 4.69) is 14.8 Å². The highest BCUT2D eigenvalue weighted by molar-refractivity contribution is 6.61.